The van der Waals surface area contributed by atoms with Gasteiger partial charge in [-0.2, -0.15) is 13.2 Å². The second kappa shape index (κ2) is 4.05. The molecule has 18 heavy (non-hydrogen) atoms. The lowest BCUT2D eigenvalue weighted by molar-refractivity contribution is -0.171. The number of nitrogens with zero attached hydrogens (tertiary/aromatic N) is 2. The van der Waals surface area contributed by atoms with E-state index in [-0.39, 0.29) is 5.69 Å². The van der Waals surface area contributed by atoms with Gasteiger partial charge < -0.3 is 4.74 Å². The van der Waals surface area contributed by atoms with E-state index >= 15 is 0 Å². The van der Waals surface area contributed by atoms with Gasteiger partial charge in [-0.15, -0.1) is 5.53 Å². The summed E-state index contributed by atoms with van der Waals surface area (Å²) in [5.74, 6) is -1.62. The minimum Gasteiger partial charge on any atom is -0.497 e. The molecule has 0 unspecified atom stereocenters. The van der Waals surface area contributed by atoms with Crippen LogP contribution >= 0.6 is 0 Å². The molecule has 0 spiro atoms. The summed E-state index contributed by atoms with van der Waals surface area (Å²) in [4.78, 5) is 11.2. The second-order valence-electron chi connectivity index (χ2n) is 3.65. The van der Waals surface area contributed by atoms with E-state index in [2.05, 4.69) is 5.53 Å². The monoisotopic (exact) mass is 261 g/mol. The van der Waals surface area contributed by atoms with Gasteiger partial charge >= 0.3 is 12.1 Å². The molecule has 0 aliphatic carbocycles. The molecule has 1 aromatic carbocycles. The number of methoxy groups -OCH3 is 1. The molecule has 0 bridgehead atoms. The number of anilines is 2. The Morgan fingerprint density at radius 2 is 2.00 bits per heavy atom. The summed E-state index contributed by atoms with van der Waals surface area (Å²) in [6, 6.07) is 4.51. The molecule has 0 radical (unpaired) electrons. The quantitative estimate of drug-likeness (QED) is 0.831. The van der Waals surface area contributed by atoms with Crippen molar-refractivity contribution in [3.8, 4) is 5.75 Å². The van der Waals surface area contributed by atoms with Gasteiger partial charge in [-0.1, -0.05) is 0 Å². The number of amides is 1. The molecule has 1 aromatic rings. The number of halogens is 3. The van der Waals surface area contributed by atoms with E-state index in [4.69, 9.17) is 4.74 Å². The summed E-state index contributed by atoms with van der Waals surface area (Å²) in [7, 11) is 2.90. The van der Waals surface area contributed by atoms with Crippen molar-refractivity contribution < 1.29 is 22.7 Å². The number of rotatable bonds is 1. The first kappa shape index (κ1) is 12.5. The van der Waals surface area contributed by atoms with Crippen LogP contribution in [0.15, 0.2) is 18.2 Å². The fourth-order valence-electron chi connectivity index (χ4n) is 1.63. The molecule has 1 aliphatic heterocycles. The number of nitrogens with one attached hydrogen (secondary N) is 1. The van der Waals surface area contributed by atoms with Gasteiger partial charge in [0.2, 0.25) is 0 Å². The number of carbonyl (C=O) groups is 1. The molecule has 0 saturated carbocycles. The molecule has 1 N–H and O–H groups in total. The van der Waals surface area contributed by atoms with Gasteiger partial charge in [-0.3, -0.25) is 9.80 Å². The highest BCUT2D eigenvalue weighted by molar-refractivity contribution is 6.01. The maximum atomic E-state index is 12.4. The van der Waals surface area contributed by atoms with E-state index in [1.807, 2.05) is 0 Å². The first-order chi connectivity index (χ1) is 8.34. The lowest BCUT2D eigenvalue weighted by Crippen LogP contribution is -2.51. The van der Waals surface area contributed by atoms with Crippen LogP contribution in [0.25, 0.3) is 0 Å². The van der Waals surface area contributed by atoms with E-state index < -0.39 is 12.1 Å². The minimum absolute atomic E-state index is 0.0965. The Hall–Kier alpha value is -1.96. The largest absolute Gasteiger partial charge is 0.497 e. The SMILES string of the molecule is COc1ccc2c(c1)N(C(=O)C(F)(F)F)NN2C. The Balaban J connectivity index is 2.42. The third-order valence-corrected chi connectivity index (χ3v) is 2.48. The summed E-state index contributed by atoms with van der Waals surface area (Å²) in [5.41, 5.74) is 2.87. The van der Waals surface area contributed by atoms with Gasteiger partial charge in [0.15, 0.2) is 0 Å². The topological polar surface area (TPSA) is 44.8 Å². The molecule has 5 nitrogen and oxygen atoms in total. The van der Waals surface area contributed by atoms with Crippen LogP contribution in [0.5, 0.6) is 5.75 Å². The zero-order chi connectivity index (χ0) is 13.5. The van der Waals surface area contributed by atoms with Gasteiger partial charge in [0, 0.05) is 13.1 Å². The lowest BCUT2D eigenvalue weighted by Gasteiger charge is -2.19. The number of alkyl halides is 3. The van der Waals surface area contributed by atoms with Crippen molar-refractivity contribution in [3.63, 3.8) is 0 Å². The molecule has 1 amide bonds. The molecule has 8 heteroatoms. The molecular weight excluding hydrogens is 251 g/mol. The van der Waals surface area contributed by atoms with Gasteiger partial charge in [0.25, 0.3) is 0 Å². The minimum atomic E-state index is -4.95. The highest BCUT2D eigenvalue weighted by Crippen LogP contribution is 2.37. The summed E-state index contributed by atoms with van der Waals surface area (Å²) >= 11 is 0. The van der Waals surface area contributed by atoms with Gasteiger partial charge in [-0.25, -0.2) is 5.01 Å². The van der Waals surface area contributed by atoms with E-state index in [0.29, 0.717) is 16.4 Å². The number of hydrazine groups is 2. The van der Waals surface area contributed by atoms with Crippen molar-refractivity contribution in [3.05, 3.63) is 18.2 Å². The zero-order valence-corrected chi connectivity index (χ0v) is 9.58. The molecular formula is C10H10F3N3O2. The molecule has 0 aromatic heterocycles. The Morgan fingerprint density at radius 1 is 1.33 bits per heavy atom. The van der Waals surface area contributed by atoms with Crippen LogP contribution in [-0.4, -0.2) is 26.2 Å². The fourth-order valence-corrected chi connectivity index (χ4v) is 1.63. The normalized spacial score (nSPS) is 14.7. The van der Waals surface area contributed by atoms with Crippen molar-refractivity contribution >= 4 is 17.3 Å². The fraction of sp³-hybridized carbons (Fsp3) is 0.300. The first-order valence-electron chi connectivity index (χ1n) is 4.94. The van der Waals surface area contributed by atoms with Gasteiger partial charge in [-0.05, 0) is 12.1 Å². The van der Waals surface area contributed by atoms with Crippen LogP contribution in [0.1, 0.15) is 0 Å². The molecule has 2 rings (SSSR count). The maximum Gasteiger partial charge on any atom is 0.473 e. The van der Waals surface area contributed by atoms with Crippen molar-refractivity contribution in [1.29, 1.82) is 0 Å². The zero-order valence-electron chi connectivity index (χ0n) is 9.58. The van der Waals surface area contributed by atoms with Gasteiger partial charge in [0.1, 0.15) is 5.75 Å². The molecule has 0 saturated heterocycles. The summed E-state index contributed by atoms with van der Waals surface area (Å²) < 4.78 is 42.2. The van der Waals surface area contributed by atoms with E-state index in [0.717, 1.165) is 0 Å². The molecule has 98 valence electrons. The maximum absolute atomic E-state index is 12.4. The van der Waals surface area contributed by atoms with Crippen molar-refractivity contribution in [1.82, 2.24) is 5.53 Å². The van der Waals surface area contributed by atoms with E-state index in [1.54, 1.807) is 12.1 Å². The Morgan fingerprint density at radius 3 is 2.56 bits per heavy atom. The highest BCUT2D eigenvalue weighted by Gasteiger charge is 2.46. The lowest BCUT2D eigenvalue weighted by atomic mass is 10.2. The average Bonchev–Trinajstić information content (AvgIpc) is 2.64. The van der Waals surface area contributed by atoms with Crippen LogP contribution in [0.2, 0.25) is 0 Å². The van der Waals surface area contributed by atoms with Crippen LogP contribution in [0.3, 0.4) is 0 Å². The van der Waals surface area contributed by atoms with Crippen LogP contribution in [0, 0.1) is 0 Å². The third kappa shape index (κ3) is 1.94. The number of carbonyl (C=O) groups excluding carboxylic acids is 1. The average molecular weight is 261 g/mol. The number of benzene rings is 1. The first-order valence-corrected chi connectivity index (χ1v) is 4.94. The van der Waals surface area contributed by atoms with Crippen molar-refractivity contribution in [2.24, 2.45) is 0 Å². The van der Waals surface area contributed by atoms with E-state index in [1.165, 1.54) is 25.2 Å². The number of fused-ring (bicyclic) bond motifs is 1. The predicted molar refractivity (Wildman–Crippen MR) is 58.1 cm³/mol. The molecule has 0 atom stereocenters. The second-order valence-corrected chi connectivity index (χ2v) is 3.65. The number of ether oxygens (including phenoxy) is 1. The Kier molecular flexibility index (Phi) is 2.81. The number of hydrogen-bond donors (Lipinski definition) is 1. The van der Waals surface area contributed by atoms with Crippen LogP contribution < -0.4 is 20.3 Å². The van der Waals surface area contributed by atoms with Crippen molar-refractivity contribution in [2.75, 3.05) is 24.2 Å². The van der Waals surface area contributed by atoms with Crippen molar-refractivity contribution in [2.45, 2.75) is 6.18 Å². The van der Waals surface area contributed by atoms with Crippen LogP contribution in [0.4, 0.5) is 24.5 Å². The molecule has 1 heterocycles. The van der Waals surface area contributed by atoms with Gasteiger partial charge in [0.05, 0.1) is 18.5 Å². The Labute approximate surface area is 101 Å². The number of hydrogen-bond acceptors (Lipinski definition) is 4. The predicted octanol–water partition coefficient (Wildman–Crippen LogP) is 1.46. The summed E-state index contributed by atoms with van der Waals surface area (Å²) in [5, 5.41) is 1.76. The molecule has 1 aliphatic rings. The molecule has 0 fully saturated rings. The standard InChI is InChI=1S/C10H10F3N3O2/c1-15-7-4-3-6(18-2)5-8(7)16(14-15)9(17)10(11,12)13/h3-5,14H,1-2H3. The van der Waals surface area contributed by atoms with Crippen LogP contribution in [-0.2, 0) is 4.79 Å². The third-order valence-electron chi connectivity index (χ3n) is 2.48. The highest BCUT2D eigenvalue weighted by atomic mass is 19.4. The van der Waals surface area contributed by atoms with E-state index in [9.17, 15) is 18.0 Å². The Bertz CT molecular complexity index is 490. The summed E-state index contributed by atoms with van der Waals surface area (Å²) in [6.45, 7) is 0. The summed E-state index contributed by atoms with van der Waals surface area (Å²) in [6.07, 6.45) is -4.95. The smallest absolute Gasteiger partial charge is 0.473 e.